The number of nitrogens with one attached hydrogen (secondary N) is 2. The molecule has 0 radical (unpaired) electrons. The summed E-state index contributed by atoms with van der Waals surface area (Å²) in [6.07, 6.45) is 2.92. The summed E-state index contributed by atoms with van der Waals surface area (Å²) in [6, 6.07) is 0. The molecule has 1 amide bonds. The summed E-state index contributed by atoms with van der Waals surface area (Å²) in [5, 5.41) is 6.22. The molecule has 2 N–H and O–H groups in total. The van der Waals surface area contributed by atoms with E-state index in [9.17, 15) is 4.79 Å². The summed E-state index contributed by atoms with van der Waals surface area (Å²) in [7, 11) is 0. The highest BCUT2D eigenvalue weighted by Crippen LogP contribution is 2.23. The Morgan fingerprint density at radius 1 is 1.38 bits per heavy atom. The van der Waals surface area contributed by atoms with Crippen molar-refractivity contribution in [2.75, 3.05) is 26.2 Å². The molecule has 1 fully saturated rings. The molecular weight excluding hydrogens is 204 g/mol. The van der Waals surface area contributed by atoms with Gasteiger partial charge in [-0.25, -0.2) is 0 Å². The van der Waals surface area contributed by atoms with Gasteiger partial charge in [0.25, 0.3) is 0 Å². The predicted octanol–water partition coefficient (Wildman–Crippen LogP) is 0.917. The molecule has 0 spiro atoms. The van der Waals surface area contributed by atoms with Crippen LogP contribution < -0.4 is 10.6 Å². The third kappa shape index (κ3) is 4.10. The van der Waals surface area contributed by atoms with Gasteiger partial charge < -0.3 is 15.4 Å². The second kappa shape index (κ2) is 7.63. The Labute approximate surface area is 98.1 Å². The third-order valence-corrected chi connectivity index (χ3v) is 3.03. The number of hydrogen-bond donors (Lipinski definition) is 2. The molecule has 0 bridgehead atoms. The number of hydrogen-bond acceptors (Lipinski definition) is 3. The fourth-order valence-electron chi connectivity index (χ4n) is 2.08. The van der Waals surface area contributed by atoms with Gasteiger partial charge in [0.2, 0.25) is 5.91 Å². The van der Waals surface area contributed by atoms with E-state index in [4.69, 9.17) is 4.74 Å². The highest BCUT2D eigenvalue weighted by molar-refractivity contribution is 5.79. The molecule has 0 aromatic carbocycles. The minimum Gasteiger partial charge on any atom is -0.377 e. The molecule has 2 unspecified atom stereocenters. The monoisotopic (exact) mass is 228 g/mol. The van der Waals surface area contributed by atoms with Gasteiger partial charge in [-0.15, -0.1) is 0 Å². The summed E-state index contributed by atoms with van der Waals surface area (Å²) < 4.78 is 5.51. The first-order valence-electron chi connectivity index (χ1n) is 6.39. The van der Waals surface area contributed by atoms with Crippen molar-refractivity contribution in [3.8, 4) is 0 Å². The summed E-state index contributed by atoms with van der Waals surface area (Å²) in [4.78, 5) is 11.8. The Morgan fingerprint density at radius 3 is 2.88 bits per heavy atom. The molecular formula is C12H24N2O2. The van der Waals surface area contributed by atoms with Crippen molar-refractivity contribution in [2.45, 2.75) is 39.2 Å². The van der Waals surface area contributed by atoms with E-state index in [1.165, 1.54) is 0 Å². The van der Waals surface area contributed by atoms with E-state index in [2.05, 4.69) is 24.5 Å². The van der Waals surface area contributed by atoms with Crippen molar-refractivity contribution < 1.29 is 9.53 Å². The second-order valence-corrected chi connectivity index (χ2v) is 4.21. The van der Waals surface area contributed by atoms with Crippen LogP contribution in [-0.4, -0.2) is 38.3 Å². The van der Waals surface area contributed by atoms with Gasteiger partial charge >= 0.3 is 0 Å². The molecule has 1 aliphatic heterocycles. The van der Waals surface area contributed by atoms with Crippen LogP contribution in [0.15, 0.2) is 0 Å². The first-order valence-corrected chi connectivity index (χ1v) is 6.39. The van der Waals surface area contributed by atoms with Gasteiger partial charge in [0.1, 0.15) is 0 Å². The first kappa shape index (κ1) is 13.5. The molecule has 2 atom stereocenters. The van der Waals surface area contributed by atoms with Crippen LogP contribution in [0.4, 0.5) is 0 Å². The normalized spacial score (nSPS) is 24.6. The molecule has 1 saturated heterocycles. The number of ether oxygens (including phenoxy) is 1. The van der Waals surface area contributed by atoms with Gasteiger partial charge in [-0.1, -0.05) is 13.8 Å². The van der Waals surface area contributed by atoms with Crippen LogP contribution in [0.3, 0.4) is 0 Å². The number of carbonyl (C=O) groups is 1. The molecule has 0 aliphatic carbocycles. The smallest absolute Gasteiger partial charge is 0.225 e. The SMILES string of the molecule is CCNCCCNC(=O)C1CCOC1CC. The lowest BCUT2D eigenvalue weighted by molar-refractivity contribution is -0.126. The van der Waals surface area contributed by atoms with Crippen molar-refractivity contribution in [1.82, 2.24) is 10.6 Å². The number of amides is 1. The van der Waals surface area contributed by atoms with E-state index in [0.29, 0.717) is 0 Å². The fraction of sp³-hybridized carbons (Fsp3) is 0.917. The van der Waals surface area contributed by atoms with Crippen molar-refractivity contribution in [1.29, 1.82) is 0 Å². The van der Waals surface area contributed by atoms with Crippen molar-refractivity contribution in [3.05, 3.63) is 0 Å². The van der Waals surface area contributed by atoms with E-state index in [1.54, 1.807) is 0 Å². The van der Waals surface area contributed by atoms with Crippen LogP contribution in [0.1, 0.15) is 33.1 Å². The molecule has 4 heteroatoms. The van der Waals surface area contributed by atoms with E-state index in [0.717, 1.165) is 45.5 Å². The third-order valence-electron chi connectivity index (χ3n) is 3.03. The van der Waals surface area contributed by atoms with E-state index in [-0.39, 0.29) is 17.9 Å². The van der Waals surface area contributed by atoms with Crippen LogP contribution in [-0.2, 0) is 9.53 Å². The molecule has 0 aromatic rings. The Hall–Kier alpha value is -0.610. The largest absolute Gasteiger partial charge is 0.377 e. The highest BCUT2D eigenvalue weighted by Gasteiger charge is 2.32. The van der Waals surface area contributed by atoms with E-state index < -0.39 is 0 Å². The number of rotatable bonds is 7. The summed E-state index contributed by atoms with van der Waals surface area (Å²) in [6.45, 7) is 7.60. The quantitative estimate of drug-likeness (QED) is 0.637. The lowest BCUT2D eigenvalue weighted by Crippen LogP contribution is -2.36. The van der Waals surface area contributed by atoms with Crippen molar-refractivity contribution >= 4 is 5.91 Å². The van der Waals surface area contributed by atoms with E-state index >= 15 is 0 Å². The first-order chi connectivity index (χ1) is 7.79. The lowest BCUT2D eigenvalue weighted by Gasteiger charge is -2.16. The van der Waals surface area contributed by atoms with Crippen LogP contribution >= 0.6 is 0 Å². The topological polar surface area (TPSA) is 50.4 Å². The molecule has 1 rings (SSSR count). The molecule has 4 nitrogen and oxygen atoms in total. The summed E-state index contributed by atoms with van der Waals surface area (Å²) in [5.41, 5.74) is 0. The van der Waals surface area contributed by atoms with Crippen LogP contribution in [0.25, 0.3) is 0 Å². The molecule has 1 aliphatic rings. The maximum Gasteiger partial charge on any atom is 0.225 e. The highest BCUT2D eigenvalue weighted by atomic mass is 16.5. The zero-order chi connectivity index (χ0) is 11.8. The zero-order valence-electron chi connectivity index (χ0n) is 10.4. The second-order valence-electron chi connectivity index (χ2n) is 4.21. The molecule has 0 saturated carbocycles. The van der Waals surface area contributed by atoms with Gasteiger partial charge in [0.05, 0.1) is 12.0 Å². The van der Waals surface area contributed by atoms with Crippen molar-refractivity contribution in [3.63, 3.8) is 0 Å². The zero-order valence-corrected chi connectivity index (χ0v) is 10.4. The van der Waals surface area contributed by atoms with E-state index in [1.807, 2.05) is 0 Å². The maximum atomic E-state index is 11.8. The van der Waals surface area contributed by atoms with Gasteiger partial charge in [-0.2, -0.15) is 0 Å². The Balaban J connectivity index is 2.14. The van der Waals surface area contributed by atoms with Gasteiger partial charge in [-0.3, -0.25) is 4.79 Å². The van der Waals surface area contributed by atoms with Gasteiger partial charge in [0, 0.05) is 13.2 Å². The van der Waals surface area contributed by atoms with Crippen LogP contribution in [0.2, 0.25) is 0 Å². The van der Waals surface area contributed by atoms with Crippen LogP contribution in [0, 0.1) is 5.92 Å². The molecule has 16 heavy (non-hydrogen) atoms. The van der Waals surface area contributed by atoms with Crippen LogP contribution in [0.5, 0.6) is 0 Å². The molecule has 0 aromatic heterocycles. The van der Waals surface area contributed by atoms with Gasteiger partial charge in [0.15, 0.2) is 0 Å². The molecule has 94 valence electrons. The average molecular weight is 228 g/mol. The van der Waals surface area contributed by atoms with Gasteiger partial charge in [-0.05, 0) is 32.4 Å². The minimum atomic E-state index is 0.0733. The predicted molar refractivity (Wildman–Crippen MR) is 64.3 cm³/mol. The maximum absolute atomic E-state index is 11.8. The molecule has 1 heterocycles. The Morgan fingerprint density at radius 2 is 2.19 bits per heavy atom. The summed E-state index contributed by atoms with van der Waals surface area (Å²) in [5.74, 6) is 0.241. The Kier molecular flexibility index (Phi) is 6.42. The minimum absolute atomic E-state index is 0.0733. The van der Waals surface area contributed by atoms with Crippen molar-refractivity contribution in [2.24, 2.45) is 5.92 Å². The average Bonchev–Trinajstić information content (AvgIpc) is 2.76. The fourth-order valence-corrected chi connectivity index (χ4v) is 2.08. The standard InChI is InChI=1S/C12H24N2O2/c1-3-11-10(6-9-16-11)12(15)14-8-5-7-13-4-2/h10-11,13H,3-9H2,1-2H3,(H,14,15). The lowest BCUT2D eigenvalue weighted by atomic mass is 9.99. The number of carbonyl (C=O) groups excluding carboxylic acids is 1. The summed E-state index contributed by atoms with van der Waals surface area (Å²) >= 11 is 0. The Bertz CT molecular complexity index is 209.